The van der Waals surface area contributed by atoms with Crippen molar-refractivity contribution in [2.45, 2.75) is 47.0 Å². The zero-order valence-electron chi connectivity index (χ0n) is 11.9. The Balaban J connectivity index is 2.49. The second-order valence-corrected chi connectivity index (χ2v) is 6.54. The fourth-order valence-corrected chi connectivity index (χ4v) is 2.55. The van der Waals surface area contributed by atoms with Crippen molar-refractivity contribution in [1.82, 2.24) is 4.90 Å². The predicted octanol–water partition coefficient (Wildman–Crippen LogP) is 2.38. The van der Waals surface area contributed by atoms with Crippen LogP contribution in [0, 0.1) is 17.3 Å². The number of aliphatic carboxylic acids is 1. The standard InChI is InChI=1S/C14H25NO3/c1-10(2)11-5-6-15(9-11)12(16)7-14(3,4)8-13(17)18/h10-11H,5-9H2,1-4H3,(H,17,18). The maximum Gasteiger partial charge on any atom is 0.303 e. The lowest BCUT2D eigenvalue weighted by Gasteiger charge is -2.25. The van der Waals surface area contributed by atoms with Gasteiger partial charge in [0, 0.05) is 19.5 Å². The number of nitrogens with zero attached hydrogens (tertiary/aromatic N) is 1. The van der Waals surface area contributed by atoms with Crippen LogP contribution in [0.5, 0.6) is 0 Å². The van der Waals surface area contributed by atoms with Crippen LogP contribution in [0.1, 0.15) is 47.0 Å². The summed E-state index contributed by atoms with van der Waals surface area (Å²) in [4.78, 5) is 24.8. The minimum absolute atomic E-state index is 0.0419. The summed E-state index contributed by atoms with van der Waals surface area (Å²) < 4.78 is 0. The first-order valence-electron chi connectivity index (χ1n) is 6.71. The van der Waals surface area contributed by atoms with Gasteiger partial charge in [0.25, 0.3) is 0 Å². The first-order valence-corrected chi connectivity index (χ1v) is 6.71. The summed E-state index contributed by atoms with van der Waals surface area (Å²) in [5.41, 5.74) is -0.459. The first kappa shape index (κ1) is 15.0. The van der Waals surface area contributed by atoms with Crippen LogP contribution in [-0.2, 0) is 9.59 Å². The first-order chi connectivity index (χ1) is 8.21. The zero-order chi connectivity index (χ0) is 13.9. The van der Waals surface area contributed by atoms with E-state index in [1.165, 1.54) is 0 Å². The lowest BCUT2D eigenvalue weighted by Crippen LogP contribution is -2.33. The minimum Gasteiger partial charge on any atom is -0.481 e. The number of hydrogen-bond donors (Lipinski definition) is 1. The number of amides is 1. The van der Waals surface area contributed by atoms with E-state index < -0.39 is 11.4 Å². The van der Waals surface area contributed by atoms with E-state index in [1.54, 1.807) is 0 Å². The van der Waals surface area contributed by atoms with Crippen LogP contribution in [0.25, 0.3) is 0 Å². The van der Waals surface area contributed by atoms with Gasteiger partial charge in [-0.05, 0) is 23.7 Å². The van der Waals surface area contributed by atoms with Crippen molar-refractivity contribution >= 4 is 11.9 Å². The van der Waals surface area contributed by atoms with E-state index in [4.69, 9.17) is 5.11 Å². The molecule has 0 spiro atoms. The Labute approximate surface area is 109 Å². The second kappa shape index (κ2) is 5.72. The molecule has 1 atom stereocenters. The molecule has 1 unspecified atom stereocenters. The molecule has 1 aliphatic rings. The van der Waals surface area contributed by atoms with Crippen LogP contribution in [0.3, 0.4) is 0 Å². The summed E-state index contributed by atoms with van der Waals surface area (Å²) in [7, 11) is 0. The number of carbonyl (C=O) groups excluding carboxylic acids is 1. The van der Waals surface area contributed by atoms with E-state index in [2.05, 4.69) is 13.8 Å². The van der Waals surface area contributed by atoms with Crippen molar-refractivity contribution in [3.8, 4) is 0 Å². The smallest absolute Gasteiger partial charge is 0.303 e. The van der Waals surface area contributed by atoms with Crippen molar-refractivity contribution < 1.29 is 14.7 Å². The second-order valence-electron chi connectivity index (χ2n) is 6.54. The van der Waals surface area contributed by atoms with Crippen LogP contribution in [-0.4, -0.2) is 35.0 Å². The van der Waals surface area contributed by atoms with Crippen molar-refractivity contribution in [2.24, 2.45) is 17.3 Å². The molecular formula is C14H25NO3. The van der Waals surface area contributed by atoms with Gasteiger partial charge in [0.05, 0.1) is 6.42 Å². The number of likely N-dealkylation sites (tertiary alicyclic amines) is 1. The third kappa shape index (κ3) is 4.31. The summed E-state index contributed by atoms with van der Waals surface area (Å²) in [6.45, 7) is 9.72. The molecule has 104 valence electrons. The normalized spacial score (nSPS) is 20.5. The Hall–Kier alpha value is -1.06. The van der Waals surface area contributed by atoms with E-state index in [0.29, 0.717) is 18.3 Å². The van der Waals surface area contributed by atoms with Crippen molar-refractivity contribution in [3.05, 3.63) is 0 Å². The Morgan fingerprint density at radius 2 is 1.94 bits per heavy atom. The molecule has 0 aromatic carbocycles. The molecule has 1 N–H and O–H groups in total. The molecule has 1 rings (SSSR count). The molecule has 4 heteroatoms. The Kier molecular flexibility index (Phi) is 4.77. The van der Waals surface area contributed by atoms with Crippen molar-refractivity contribution in [3.63, 3.8) is 0 Å². The van der Waals surface area contributed by atoms with Crippen LogP contribution < -0.4 is 0 Å². The molecule has 0 aromatic heterocycles. The quantitative estimate of drug-likeness (QED) is 0.820. The van der Waals surface area contributed by atoms with E-state index in [0.717, 1.165) is 19.5 Å². The lowest BCUT2D eigenvalue weighted by molar-refractivity contribution is -0.140. The molecule has 0 bridgehead atoms. The molecule has 1 fully saturated rings. The average Bonchev–Trinajstić information content (AvgIpc) is 2.62. The maximum absolute atomic E-state index is 12.1. The summed E-state index contributed by atoms with van der Waals surface area (Å²) in [6.07, 6.45) is 1.44. The monoisotopic (exact) mass is 255 g/mol. The van der Waals surface area contributed by atoms with Gasteiger partial charge in [-0.15, -0.1) is 0 Å². The molecule has 1 saturated heterocycles. The Morgan fingerprint density at radius 3 is 2.39 bits per heavy atom. The highest BCUT2D eigenvalue weighted by atomic mass is 16.4. The number of carboxylic acids is 1. The summed E-state index contributed by atoms with van der Waals surface area (Å²) in [5.74, 6) is 0.463. The summed E-state index contributed by atoms with van der Waals surface area (Å²) in [5, 5.41) is 8.82. The average molecular weight is 255 g/mol. The van der Waals surface area contributed by atoms with Crippen LogP contribution in [0.2, 0.25) is 0 Å². The van der Waals surface area contributed by atoms with E-state index in [-0.39, 0.29) is 12.3 Å². The molecule has 18 heavy (non-hydrogen) atoms. The van der Waals surface area contributed by atoms with Crippen LogP contribution >= 0.6 is 0 Å². The molecule has 0 aliphatic carbocycles. The van der Waals surface area contributed by atoms with Crippen LogP contribution in [0.4, 0.5) is 0 Å². The molecule has 4 nitrogen and oxygen atoms in total. The predicted molar refractivity (Wildman–Crippen MR) is 70.2 cm³/mol. The van der Waals surface area contributed by atoms with E-state index in [1.807, 2.05) is 18.7 Å². The van der Waals surface area contributed by atoms with Gasteiger partial charge in [0.2, 0.25) is 5.91 Å². The molecule has 1 amide bonds. The zero-order valence-corrected chi connectivity index (χ0v) is 11.9. The summed E-state index contributed by atoms with van der Waals surface area (Å²) in [6, 6.07) is 0. The number of hydrogen-bond acceptors (Lipinski definition) is 2. The fraction of sp³-hybridized carbons (Fsp3) is 0.857. The number of carbonyl (C=O) groups is 2. The maximum atomic E-state index is 12.1. The molecule has 0 radical (unpaired) electrons. The van der Waals surface area contributed by atoms with Gasteiger partial charge in [-0.25, -0.2) is 0 Å². The Morgan fingerprint density at radius 1 is 1.33 bits per heavy atom. The molecule has 0 aromatic rings. The highest BCUT2D eigenvalue weighted by Crippen LogP contribution is 2.29. The molecule has 1 aliphatic heterocycles. The van der Waals surface area contributed by atoms with Gasteiger partial charge >= 0.3 is 5.97 Å². The topological polar surface area (TPSA) is 57.6 Å². The fourth-order valence-electron chi connectivity index (χ4n) is 2.55. The largest absolute Gasteiger partial charge is 0.481 e. The van der Waals surface area contributed by atoms with Crippen LogP contribution in [0.15, 0.2) is 0 Å². The summed E-state index contributed by atoms with van der Waals surface area (Å²) >= 11 is 0. The van der Waals surface area contributed by atoms with E-state index in [9.17, 15) is 9.59 Å². The SMILES string of the molecule is CC(C)C1CCN(C(=O)CC(C)(C)CC(=O)O)C1. The number of carboxylic acid groups (broad SMARTS) is 1. The van der Waals surface area contributed by atoms with Crippen molar-refractivity contribution in [2.75, 3.05) is 13.1 Å². The highest BCUT2D eigenvalue weighted by molar-refractivity contribution is 5.78. The molecular weight excluding hydrogens is 230 g/mol. The van der Waals surface area contributed by atoms with Gasteiger partial charge in [-0.3, -0.25) is 9.59 Å². The van der Waals surface area contributed by atoms with Gasteiger partial charge in [-0.2, -0.15) is 0 Å². The van der Waals surface area contributed by atoms with Crippen molar-refractivity contribution in [1.29, 1.82) is 0 Å². The minimum atomic E-state index is -0.839. The Bertz CT molecular complexity index is 323. The van der Waals surface area contributed by atoms with Gasteiger partial charge < -0.3 is 10.0 Å². The van der Waals surface area contributed by atoms with Gasteiger partial charge in [0.1, 0.15) is 0 Å². The van der Waals surface area contributed by atoms with Gasteiger partial charge in [-0.1, -0.05) is 27.7 Å². The molecule has 0 saturated carbocycles. The third-order valence-corrected chi connectivity index (χ3v) is 3.78. The van der Waals surface area contributed by atoms with E-state index >= 15 is 0 Å². The lowest BCUT2D eigenvalue weighted by atomic mass is 9.85. The molecule has 1 heterocycles. The number of rotatable bonds is 5. The third-order valence-electron chi connectivity index (χ3n) is 3.78. The highest BCUT2D eigenvalue weighted by Gasteiger charge is 2.32. The van der Waals surface area contributed by atoms with Gasteiger partial charge in [0.15, 0.2) is 0 Å².